The number of hydrogen-bond acceptors (Lipinski definition) is 4. The van der Waals surface area contributed by atoms with Gasteiger partial charge in [0, 0.05) is 31.9 Å². The third-order valence-electron chi connectivity index (χ3n) is 3.26. The monoisotopic (exact) mass is 308 g/mol. The van der Waals surface area contributed by atoms with E-state index in [9.17, 15) is 13.2 Å². The first kappa shape index (κ1) is 15.3. The summed E-state index contributed by atoms with van der Waals surface area (Å²) in [6.07, 6.45) is 1.17. The van der Waals surface area contributed by atoms with Crippen LogP contribution in [0.3, 0.4) is 0 Å². The van der Waals surface area contributed by atoms with Gasteiger partial charge in [-0.15, -0.1) is 0 Å². The number of anilines is 1. The van der Waals surface area contributed by atoms with E-state index >= 15 is 0 Å². The first-order valence-corrected chi connectivity index (χ1v) is 8.26. The van der Waals surface area contributed by atoms with E-state index in [1.54, 1.807) is 29.2 Å². The zero-order valence-electron chi connectivity index (χ0n) is 11.6. The van der Waals surface area contributed by atoms with E-state index in [0.29, 0.717) is 37.4 Å². The summed E-state index contributed by atoms with van der Waals surface area (Å²) in [4.78, 5) is 13.6. The molecular weight excluding hydrogens is 292 g/mol. The van der Waals surface area contributed by atoms with Gasteiger partial charge in [-0.05, 0) is 24.3 Å². The van der Waals surface area contributed by atoms with Crippen molar-refractivity contribution in [2.24, 2.45) is 0 Å². The Balaban J connectivity index is 1.91. The number of piperazine rings is 1. The summed E-state index contributed by atoms with van der Waals surface area (Å²) in [6, 6.07) is 8.29. The average Bonchev–Trinajstić information content (AvgIpc) is 2.47. The largest absolute Gasteiger partial charge is 0.322 e. The zero-order chi connectivity index (χ0) is 15.5. The third kappa shape index (κ3) is 3.93. The second-order valence-electron chi connectivity index (χ2n) is 4.77. The summed E-state index contributed by atoms with van der Waals surface area (Å²) in [5.74, 6) is 0. The average molecular weight is 308 g/mol. The van der Waals surface area contributed by atoms with Crippen LogP contribution in [0.4, 0.5) is 10.5 Å². The Kier molecular flexibility index (Phi) is 4.45. The van der Waals surface area contributed by atoms with Gasteiger partial charge in [0.1, 0.15) is 0 Å². The molecule has 2 amide bonds. The van der Waals surface area contributed by atoms with E-state index in [-0.39, 0.29) is 6.03 Å². The van der Waals surface area contributed by atoms with E-state index in [4.69, 9.17) is 5.26 Å². The number of sulfonamides is 1. The van der Waals surface area contributed by atoms with Gasteiger partial charge in [0.15, 0.2) is 0 Å². The summed E-state index contributed by atoms with van der Waals surface area (Å²) < 4.78 is 24.1. The van der Waals surface area contributed by atoms with Gasteiger partial charge in [0.05, 0.1) is 17.9 Å². The number of nitrogens with one attached hydrogen (secondary N) is 1. The first-order valence-electron chi connectivity index (χ1n) is 6.41. The molecule has 1 saturated heterocycles. The Morgan fingerprint density at radius 3 is 2.24 bits per heavy atom. The highest BCUT2D eigenvalue weighted by molar-refractivity contribution is 7.88. The lowest BCUT2D eigenvalue weighted by Gasteiger charge is -2.33. The minimum atomic E-state index is -3.20. The molecule has 0 saturated carbocycles. The van der Waals surface area contributed by atoms with Crippen molar-refractivity contribution in [3.05, 3.63) is 29.8 Å². The molecule has 112 valence electrons. The topological polar surface area (TPSA) is 93.5 Å². The molecule has 1 aromatic carbocycles. The Hall–Kier alpha value is -2.11. The predicted octanol–water partition coefficient (Wildman–Crippen LogP) is 0.667. The Morgan fingerprint density at radius 1 is 1.19 bits per heavy atom. The van der Waals surface area contributed by atoms with Crippen molar-refractivity contribution in [3.63, 3.8) is 0 Å². The van der Waals surface area contributed by atoms with Crippen LogP contribution >= 0.6 is 0 Å². The highest BCUT2D eigenvalue weighted by Crippen LogP contribution is 2.11. The number of benzene rings is 1. The lowest BCUT2D eigenvalue weighted by molar-refractivity contribution is 0.184. The van der Waals surface area contributed by atoms with E-state index in [0.717, 1.165) is 0 Å². The number of urea groups is 1. The van der Waals surface area contributed by atoms with E-state index < -0.39 is 10.0 Å². The van der Waals surface area contributed by atoms with Crippen LogP contribution in [0.5, 0.6) is 0 Å². The molecule has 21 heavy (non-hydrogen) atoms. The summed E-state index contributed by atoms with van der Waals surface area (Å²) in [7, 11) is -3.20. The molecular formula is C13H16N4O3S. The van der Waals surface area contributed by atoms with Crippen molar-refractivity contribution in [2.75, 3.05) is 37.8 Å². The van der Waals surface area contributed by atoms with Gasteiger partial charge in [-0.1, -0.05) is 0 Å². The summed E-state index contributed by atoms with van der Waals surface area (Å²) in [5, 5.41) is 11.4. The van der Waals surface area contributed by atoms with E-state index in [1.807, 2.05) is 6.07 Å². The molecule has 1 N–H and O–H groups in total. The zero-order valence-corrected chi connectivity index (χ0v) is 12.4. The molecule has 0 spiro atoms. The van der Waals surface area contributed by atoms with Crippen molar-refractivity contribution >= 4 is 21.7 Å². The molecule has 1 aliphatic rings. The first-order chi connectivity index (χ1) is 9.90. The highest BCUT2D eigenvalue weighted by Gasteiger charge is 2.25. The van der Waals surface area contributed by atoms with Crippen molar-refractivity contribution in [3.8, 4) is 6.07 Å². The van der Waals surface area contributed by atoms with Gasteiger partial charge in [-0.2, -0.15) is 9.57 Å². The number of rotatable bonds is 2. The molecule has 1 aliphatic heterocycles. The van der Waals surface area contributed by atoms with Gasteiger partial charge in [-0.25, -0.2) is 13.2 Å². The van der Waals surface area contributed by atoms with Crippen LogP contribution in [0.2, 0.25) is 0 Å². The summed E-state index contributed by atoms with van der Waals surface area (Å²) in [6.45, 7) is 1.32. The van der Waals surface area contributed by atoms with Crippen molar-refractivity contribution in [2.45, 2.75) is 0 Å². The maximum Gasteiger partial charge on any atom is 0.321 e. The second kappa shape index (κ2) is 6.11. The third-order valence-corrected chi connectivity index (χ3v) is 4.56. The van der Waals surface area contributed by atoms with Gasteiger partial charge >= 0.3 is 6.03 Å². The van der Waals surface area contributed by atoms with Crippen molar-refractivity contribution in [1.82, 2.24) is 9.21 Å². The summed E-state index contributed by atoms with van der Waals surface area (Å²) in [5.41, 5.74) is 1.12. The Morgan fingerprint density at radius 2 is 1.76 bits per heavy atom. The van der Waals surface area contributed by atoms with Gasteiger partial charge < -0.3 is 10.2 Å². The quantitative estimate of drug-likeness (QED) is 0.869. The predicted molar refractivity (Wildman–Crippen MR) is 78.2 cm³/mol. The van der Waals surface area contributed by atoms with Crippen LogP contribution in [-0.2, 0) is 10.0 Å². The normalized spacial score (nSPS) is 16.3. The molecule has 0 aliphatic carbocycles. The lowest BCUT2D eigenvalue weighted by atomic mass is 10.2. The molecule has 1 fully saturated rings. The smallest absolute Gasteiger partial charge is 0.321 e. The minimum absolute atomic E-state index is 0.271. The van der Waals surface area contributed by atoms with Crippen LogP contribution in [0.1, 0.15) is 5.56 Å². The van der Waals surface area contributed by atoms with Crippen LogP contribution in [0.25, 0.3) is 0 Å². The second-order valence-corrected chi connectivity index (χ2v) is 6.75. The minimum Gasteiger partial charge on any atom is -0.322 e. The van der Waals surface area contributed by atoms with E-state index in [2.05, 4.69) is 5.32 Å². The van der Waals surface area contributed by atoms with Crippen LogP contribution in [0, 0.1) is 11.3 Å². The highest BCUT2D eigenvalue weighted by atomic mass is 32.2. The molecule has 0 atom stereocenters. The molecule has 0 bridgehead atoms. The number of carbonyl (C=O) groups is 1. The number of carbonyl (C=O) groups excluding carboxylic acids is 1. The fraction of sp³-hybridized carbons (Fsp3) is 0.385. The fourth-order valence-corrected chi connectivity index (χ4v) is 2.88. The van der Waals surface area contributed by atoms with Gasteiger partial charge in [0.25, 0.3) is 0 Å². The molecule has 0 aromatic heterocycles. The SMILES string of the molecule is CS(=O)(=O)N1CCN(C(=O)Nc2ccc(C#N)cc2)CC1. The lowest BCUT2D eigenvalue weighted by Crippen LogP contribution is -2.51. The Labute approximate surface area is 123 Å². The molecule has 8 heteroatoms. The maximum atomic E-state index is 12.1. The number of nitrogens with zero attached hydrogens (tertiary/aromatic N) is 3. The van der Waals surface area contributed by atoms with Gasteiger partial charge in [-0.3, -0.25) is 0 Å². The van der Waals surface area contributed by atoms with Crippen molar-refractivity contribution in [1.29, 1.82) is 5.26 Å². The maximum absolute atomic E-state index is 12.1. The number of amides is 2. The molecule has 7 nitrogen and oxygen atoms in total. The number of hydrogen-bond donors (Lipinski definition) is 1. The van der Waals surface area contributed by atoms with Crippen LogP contribution in [-0.4, -0.2) is 56.1 Å². The molecule has 1 heterocycles. The number of nitriles is 1. The molecule has 0 unspecified atom stereocenters. The fourth-order valence-electron chi connectivity index (χ4n) is 2.05. The Bertz CT molecular complexity index is 656. The standard InChI is InChI=1S/C13H16N4O3S/c1-21(19,20)17-8-6-16(7-9-17)13(18)15-12-4-2-11(10-14)3-5-12/h2-5H,6-9H2,1H3,(H,15,18). The van der Waals surface area contributed by atoms with Crippen molar-refractivity contribution < 1.29 is 13.2 Å². The van der Waals surface area contributed by atoms with E-state index in [1.165, 1.54) is 10.6 Å². The van der Waals surface area contributed by atoms with Crippen LogP contribution < -0.4 is 5.32 Å². The molecule has 1 aromatic rings. The van der Waals surface area contributed by atoms with Gasteiger partial charge in [0.2, 0.25) is 10.0 Å². The summed E-state index contributed by atoms with van der Waals surface area (Å²) >= 11 is 0. The van der Waals surface area contributed by atoms with Crippen LogP contribution in [0.15, 0.2) is 24.3 Å². The molecule has 0 radical (unpaired) electrons. The molecule has 2 rings (SSSR count).